The monoisotopic (exact) mass is 433 g/mol. The van der Waals surface area contributed by atoms with E-state index in [1.54, 1.807) is 29.0 Å². The number of nitrogens with zero attached hydrogens (tertiary/aromatic N) is 4. The molecule has 3 aromatic rings. The molecular weight excluding hydrogens is 411 g/mol. The van der Waals surface area contributed by atoms with Crippen LogP contribution in [0.2, 0.25) is 0 Å². The normalized spacial score (nSPS) is 16.6. The summed E-state index contributed by atoms with van der Waals surface area (Å²) < 4.78 is 46.1. The van der Waals surface area contributed by atoms with Gasteiger partial charge in [-0.25, -0.2) is 0 Å². The van der Waals surface area contributed by atoms with Crippen molar-refractivity contribution in [3.05, 3.63) is 65.2 Å². The number of rotatable bonds is 6. The molecular formula is C21H22F3N5O2. The third-order valence-corrected chi connectivity index (χ3v) is 5.32. The maximum Gasteiger partial charge on any atom is 0.419 e. The van der Waals surface area contributed by atoms with Crippen LogP contribution in [-0.4, -0.2) is 50.5 Å². The summed E-state index contributed by atoms with van der Waals surface area (Å²) in [5.41, 5.74) is 1.38. The number of benzene rings is 1. The highest BCUT2D eigenvalue weighted by Gasteiger charge is 2.34. The predicted octanol–water partition coefficient (Wildman–Crippen LogP) is 3.41. The minimum absolute atomic E-state index is 0.0527. The number of aromatic amines is 1. The highest BCUT2D eigenvalue weighted by Crippen LogP contribution is 2.36. The van der Waals surface area contributed by atoms with E-state index >= 15 is 0 Å². The molecule has 1 fully saturated rings. The number of carbonyl (C=O) groups excluding carboxylic acids is 1. The third-order valence-electron chi connectivity index (χ3n) is 5.32. The Hall–Kier alpha value is -3.30. The summed E-state index contributed by atoms with van der Waals surface area (Å²) >= 11 is 0. The number of amides is 1. The van der Waals surface area contributed by atoms with Gasteiger partial charge in [0.2, 0.25) is 0 Å². The van der Waals surface area contributed by atoms with E-state index in [1.807, 2.05) is 6.07 Å². The smallest absolute Gasteiger partial charge is 0.419 e. The lowest BCUT2D eigenvalue weighted by molar-refractivity contribution is -0.138. The van der Waals surface area contributed by atoms with Gasteiger partial charge in [-0.2, -0.15) is 23.4 Å². The summed E-state index contributed by atoms with van der Waals surface area (Å²) in [6.45, 7) is 1.29. The van der Waals surface area contributed by atoms with Gasteiger partial charge in [-0.1, -0.05) is 12.1 Å². The third kappa shape index (κ3) is 4.73. The van der Waals surface area contributed by atoms with Crippen LogP contribution in [0.15, 0.2) is 42.7 Å². The fourth-order valence-electron chi connectivity index (χ4n) is 3.71. The van der Waals surface area contributed by atoms with Crippen molar-refractivity contribution in [2.75, 3.05) is 19.7 Å². The van der Waals surface area contributed by atoms with Gasteiger partial charge in [0.05, 0.1) is 29.6 Å². The molecule has 2 aromatic heterocycles. The van der Waals surface area contributed by atoms with E-state index in [-0.39, 0.29) is 24.2 Å². The van der Waals surface area contributed by atoms with Gasteiger partial charge in [-0.05, 0) is 24.6 Å². The molecule has 1 aliphatic heterocycles. The Morgan fingerprint density at radius 3 is 2.87 bits per heavy atom. The molecule has 1 aliphatic rings. The summed E-state index contributed by atoms with van der Waals surface area (Å²) in [5.74, 6) is -0.129. The number of hydrogen-bond donors (Lipinski definition) is 1. The van der Waals surface area contributed by atoms with Gasteiger partial charge in [0, 0.05) is 44.4 Å². The maximum atomic E-state index is 13.0. The first kappa shape index (κ1) is 21.0. The van der Waals surface area contributed by atoms with Crippen LogP contribution in [0.25, 0.3) is 0 Å². The summed E-state index contributed by atoms with van der Waals surface area (Å²) in [7, 11) is 1.76. The number of halogens is 3. The second-order valence-corrected chi connectivity index (χ2v) is 7.55. The van der Waals surface area contributed by atoms with E-state index in [2.05, 4.69) is 15.3 Å². The minimum atomic E-state index is -4.46. The Labute approximate surface area is 176 Å². The van der Waals surface area contributed by atoms with Crippen LogP contribution in [0.4, 0.5) is 13.2 Å². The molecule has 1 aromatic carbocycles. The van der Waals surface area contributed by atoms with Gasteiger partial charge >= 0.3 is 6.18 Å². The lowest BCUT2D eigenvalue weighted by atomic mass is 10.0. The Balaban J connectivity index is 1.32. The van der Waals surface area contributed by atoms with Crippen molar-refractivity contribution in [3.8, 4) is 5.75 Å². The Morgan fingerprint density at radius 1 is 1.32 bits per heavy atom. The largest absolute Gasteiger partial charge is 0.493 e. The Morgan fingerprint density at radius 2 is 2.13 bits per heavy atom. The number of para-hydroxylation sites is 1. The second kappa shape index (κ2) is 8.44. The van der Waals surface area contributed by atoms with Crippen LogP contribution in [0.5, 0.6) is 5.75 Å². The van der Waals surface area contributed by atoms with Crippen LogP contribution in [0.3, 0.4) is 0 Å². The SMILES string of the molecule is Cn1cc(C(=O)N2CC[C@@H](c3cc(CCOc4ccccc4C(F)(F)F)[nH]n3)C2)cn1. The molecule has 1 N–H and O–H groups in total. The van der Waals surface area contributed by atoms with Crippen molar-refractivity contribution >= 4 is 5.91 Å². The molecule has 1 saturated heterocycles. The molecule has 4 rings (SSSR count). The highest BCUT2D eigenvalue weighted by atomic mass is 19.4. The van der Waals surface area contributed by atoms with Gasteiger partial charge in [-0.3, -0.25) is 14.6 Å². The molecule has 164 valence electrons. The molecule has 3 heterocycles. The van der Waals surface area contributed by atoms with Crippen molar-refractivity contribution < 1.29 is 22.7 Å². The van der Waals surface area contributed by atoms with Gasteiger partial charge < -0.3 is 9.64 Å². The molecule has 10 heteroatoms. The quantitative estimate of drug-likeness (QED) is 0.647. The molecule has 0 saturated carbocycles. The first-order valence-electron chi connectivity index (χ1n) is 9.92. The Kier molecular flexibility index (Phi) is 5.71. The number of nitrogens with one attached hydrogen (secondary N) is 1. The zero-order valence-electron chi connectivity index (χ0n) is 16.9. The van der Waals surface area contributed by atoms with E-state index in [0.717, 1.165) is 23.9 Å². The van der Waals surface area contributed by atoms with Crippen molar-refractivity contribution in [3.63, 3.8) is 0 Å². The van der Waals surface area contributed by atoms with Crippen molar-refractivity contribution in [1.29, 1.82) is 0 Å². The molecule has 31 heavy (non-hydrogen) atoms. The lowest BCUT2D eigenvalue weighted by Gasteiger charge is -2.14. The zero-order chi connectivity index (χ0) is 22.0. The number of likely N-dealkylation sites (tertiary alicyclic amines) is 1. The maximum absolute atomic E-state index is 13.0. The lowest BCUT2D eigenvalue weighted by Crippen LogP contribution is -2.28. The van der Waals surface area contributed by atoms with Crippen molar-refractivity contribution in [1.82, 2.24) is 24.9 Å². The van der Waals surface area contributed by atoms with E-state index in [0.29, 0.717) is 25.1 Å². The van der Waals surface area contributed by atoms with Gasteiger partial charge in [0.15, 0.2) is 0 Å². The Bertz CT molecular complexity index is 1060. The first-order valence-corrected chi connectivity index (χ1v) is 9.92. The molecule has 1 amide bonds. The van der Waals surface area contributed by atoms with E-state index in [4.69, 9.17) is 4.74 Å². The minimum Gasteiger partial charge on any atom is -0.493 e. The van der Waals surface area contributed by atoms with Crippen LogP contribution < -0.4 is 4.74 Å². The van der Waals surface area contributed by atoms with E-state index in [9.17, 15) is 18.0 Å². The summed E-state index contributed by atoms with van der Waals surface area (Å²) in [5, 5.41) is 11.3. The average Bonchev–Trinajstić information content (AvgIpc) is 3.47. The van der Waals surface area contributed by atoms with Crippen LogP contribution in [-0.2, 0) is 19.6 Å². The fourth-order valence-corrected chi connectivity index (χ4v) is 3.71. The van der Waals surface area contributed by atoms with Crippen molar-refractivity contribution in [2.45, 2.75) is 24.9 Å². The number of alkyl halides is 3. The van der Waals surface area contributed by atoms with Gasteiger partial charge in [-0.15, -0.1) is 0 Å². The highest BCUT2D eigenvalue weighted by molar-refractivity contribution is 5.94. The predicted molar refractivity (Wildman–Crippen MR) is 106 cm³/mol. The molecule has 1 atom stereocenters. The molecule has 0 spiro atoms. The number of H-pyrrole nitrogens is 1. The first-order chi connectivity index (χ1) is 14.8. The average molecular weight is 433 g/mol. The van der Waals surface area contributed by atoms with Crippen LogP contribution in [0.1, 0.15) is 39.6 Å². The fraction of sp³-hybridized carbons (Fsp3) is 0.381. The van der Waals surface area contributed by atoms with E-state index < -0.39 is 11.7 Å². The number of ether oxygens (including phenoxy) is 1. The number of carbonyl (C=O) groups is 1. The van der Waals surface area contributed by atoms with Crippen LogP contribution in [0, 0.1) is 0 Å². The summed E-state index contributed by atoms with van der Waals surface area (Å²) in [6.07, 6.45) is -0.0200. The topological polar surface area (TPSA) is 76.0 Å². The van der Waals surface area contributed by atoms with E-state index in [1.165, 1.54) is 18.2 Å². The number of hydrogen-bond acceptors (Lipinski definition) is 4. The number of aromatic nitrogens is 4. The summed E-state index contributed by atoms with van der Waals surface area (Å²) in [6, 6.07) is 7.05. The molecule has 0 bridgehead atoms. The van der Waals surface area contributed by atoms with Crippen LogP contribution >= 0.6 is 0 Å². The summed E-state index contributed by atoms with van der Waals surface area (Å²) in [4.78, 5) is 14.3. The molecule has 0 unspecified atom stereocenters. The number of aryl methyl sites for hydroxylation is 1. The standard InChI is InChI=1S/C21H22F3N5O2/c1-28-12-15(11-25-28)20(30)29-8-6-14(13-29)18-10-16(26-27-18)7-9-31-19-5-3-2-4-17(19)21(22,23)24/h2-5,10-12,14H,6-9,13H2,1H3,(H,26,27)/t14-/m1/s1. The van der Waals surface area contributed by atoms with Gasteiger partial charge in [0.25, 0.3) is 5.91 Å². The molecule has 0 radical (unpaired) electrons. The second-order valence-electron chi connectivity index (χ2n) is 7.55. The molecule has 0 aliphatic carbocycles. The molecule has 7 nitrogen and oxygen atoms in total. The van der Waals surface area contributed by atoms with Gasteiger partial charge in [0.1, 0.15) is 5.75 Å². The van der Waals surface area contributed by atoms with Crippen molar-refractivity contribution in [2.24, 2.45) is 7.05 Å². The zero-order valence-corrected chi connectivity index (χ0v) is 16.9.